The molecule has 0 aliphatic rings. The molecule has 1 unspecified atom stereocenters. The van der Waals surface area contributed by atoms with Gasteiger partial charge in [0.15, 0.2) is 0 Å². The van der Waals surface area contributed by atoms with Gasteiger partial charge in [-0.2, -0.15) is 0 Å². The van der Waals surface area contributed by atoms with Crippen LogP contribution in [0.4, 0.5) is 0 Å². The van der Waals surface area contributed by atoms with Crippen LogP contribution in [0.15, 0.2) is 24.3 Å². The molecule has 0 bridgehead atoms. The lowest BCUT2D eigenvalue weighted by atomic mass is 10.1. The van der Waals surface area contributed by atoms with Crippen molar-refractivity contribution in [1.82, 2.24) is 5.32 Å². The zero-order valence-corrected chi connectivity index (χ0v) is 12.8. The van der Waals surface area contributed by atoms with Crippen LogP contribution < -0.4 is 15.8 Å². The second kappa shape index (κ2) is 8.53. The van der Waals surface area contributed by atoms with Gasteiger partial charge in [-0.3, -0.25) is 4.79 Å². The summed E-state index contributed by atoms with van der Waals surface area (Å²) in [6.45, 7) is 4.36. The van der Waals surface area contributed by atoms with Gasteiger partial charge in [0.25, 0.3) is 0 Å². The Labute approximate surface area is 125 Å². The van der Waals surface area contributed by atoms with Crippen LogP contribution in [0.1, 0.15) is 31.7 Å². The number of ether oxygens (including phenoxy) is 1. The van der Waals surface area contributed by atoms with Crippen LogP contribution in [0.25, 0.3) is 0 Å². The maximum absolute atomic E-state index is 11.8. The Morgan fingerprint density at radius 3 is 2.85 bits per heavy atom. The number of hydrogen-bond acceptors (Lipinski definition) is 3. The van der Waals surface area contributed by atoms with E-state index >= 15 is 0 Å². The summed E-state index contributed by atoms with van der Waals surface area (Å²) < 4.78 is 5.53. The van der Waals surface area contributed by atoms with Crippen molar-refractivity contribution in [2.75, 3.05) is 6.61 Å². The fourth-order valence-corrected chi connectivity index (χ4v) is 1.98. The van der Waals surface area contributed by atoms with E-state index in [2.05, 4.69) is 5.32 Å². The maximum atomic E-state index is 11.8. The average molecular weight is 294 g/mol. The summed E-state index contributed by atoms with van der Waals surface area (Å²) in [5.41, 5.74) is 6.72. The van der Waals surface area contributed by atoms with E-state index in [9.17, 15) is 4.79 Å². The number of amides is 1. The first-order valence-electron chi connectivity index (χ1n) is 6.81. The quantitative estimate of drug-likeness (QED) is 0.722. The highest BCUT2D eigenvalue weighted by molar-refractivity contribution is 7.80. The molecule has 1 atom stereocenters. The molecule has 1 aromatic rings. The van der Waals surface area contributed by atoms with E-state index in [0.717, 1.165) is 24.2 Å². The number of rotatable bonds is 8. The molecule has 0 heterocycles. The van der Waals surface area contributed by atoms with E-state index < -0.39 is 0 Å². The lowest BCUT2D eigenvalue weighted by molar-refractivity contribution is -0.121. The molecule has 1 rings (SSSR count). The molecule has 0 saturated carbocycles. The van der Waals surface area contributed by atoms with E-state index in [1.807, 2.05) is 38.1 Å². The Balaban J connectivity index is 2.34. The molecule has 1 aromatic carbocycles. The summed E-state index contributed by atoms with van der Waals surface area (Å²) in [5, 5.41) is 2.83. The molecule has 110 valence electrons. The molecule has 0 saturated heterocycles. The number of nitrogens with one attached hydrogen (secondary N) is 1. The van der Waals surface area contributed by atoms with Crippen molar-refractivity contribution < 1.29 is 9.53 Å². The fourth-order valence-electron chi connectivity index (χ4n) is 1.81. The highest BCUT2D eigenvalue weighted by Crippen LogP contribution is 2.12. The number of carbonyl (C=O) groups is 1. The highest BCUT2D eigenvalue weighted by atomic mass is 32.1. The first-order valence-corrected chi connectivity index (χ1v) is 7.22. The fraction of sp³-hybridized carbons (Fsp3) is 0.467. The van der Waals surface area contributed by atoms with Gasteiger partial charge >= 0.3 is 0 Å². The number of carbonyl (C=O) groups excluding carboxylic acids is 1. The van der Waals surface area contributed by atoms with Gasteiger partial charge < -0.3 is 15.8 Å². The third-order valence-corrected chi connectivity index (χ3v) is 3.13. The molecule has 3 N–H and O–H groups in total. The SMILES string of the molecule is CCCC(NC(=O)CCOc1cccc(C)c1)C(N)=S. The molecule has 5 heteroatoms. The third-order valence-electron chi connectivity index (χ3n) is 2.84. The van der Waals surface area contributed by atoms with Crippen molar-refractivity contribution in [3.63, 3.8) is 0 Å². The molecular formula is C15H22N2O2S. The predicted octanol–water partition coefficient (Wildman–Crippen LogP) is 2.33. The van der Waals surface area contributed by atoms with Crippen LogP contribution in [-0.2, 0) is 4.79 Å². The Kier molecular flexibility index (Phi) is 7.01. The van der Waals surface area contributed by atoms with Crippen molar-refractivity contribution in [3.05, 3.63) is 29.8 Å². The third kappa shape index (κ3) is 6.02. The summed E-state index contributed by atoms with van der Waals surface area (Å²) >= 11 is 4.94. The Morgan fingerprint density at radius 1 is 1.50 bits per heavy atom. The molecule has 1 amide bonds. The molecule has 0 spiro atoms. The number of hydrogen-bond donors (Lipinski definition) is 2. The Bertz CT molecular complexity index is 463. The van der Waals surface area contributed by atoms with Crippen molar-refractivity contribution in [2.24, 2.45) is 5.73 Å². The van der Waals surface area contributed by atoms with E-state index in [0.29, 0.717) is 11.6 Å². The van der Waals surface area contributed by atoms with Gasteiger partial charge in [-0.15, -0.1) is 0 Å². The van der Waals surface area contributed by atoms with E-state index in [4.69, 9.17) is 22.7 Å². The van der Waals surface area contributed by atoms with Crippen LogP contribution in [-0.4, -0.2) is 23.5 Å². The van der Waals surface area contributed by atoms with Crippen LogP contribution in [0.3, 0.4) is 0 Å². The standard InChI is InChI=1S/C15H22N2O2S/c1-3-5-13(15(16)20)17-14(18)8-9-19-12-7-4-6-11(2)10-12/h4,6-7,10,13H,3,5,8-9H2,1-2H3,(H2,16,20)(H,17,18). The topological polar surface area (TPSA) is 64.3 Å². The molecule has 20 heavy (non-hydrogen) atoms. The summed E-state index contributed by atoms with van der Waals surface area (Å²) in [4.78, 5) is 12.1. The minimum atomic E-state index is -0.221. The van der Waals surface area contributed by atoms with Gasteiger partial charge in [-0.25, -0.2) is 0 Å². The molecule has 0 aliphatic carbocycles. The molecule has 0 radical (unpaired) electrons. The number of nitrogens with two attached hydrogens (primary N) is 1. The molecule has 0 aromatic heterocycles. The average Bonchev–Trinajstić information content (AvgIpc) is 2.38. The molecule has 4 nitrogen and oxygen atoms in total. The molecular weight excluding hydrogens is 272 g/mol. The van der Waals surface area contributed by atoms with Crippen LogP contribution in [0, 0.1) is 6.92 Å². The van der Waals surface area contributed by atoms with Crippen molar-refractivity contribution in [3.8, 4) is 5.75 Å². The first kappa shape index (κ1) is 16.4. The summed E-state index contributed by atoms with van der Waals surface area (Å²) in [6.07, 6.45) is 1.97. The summed E-state index contributed by atoms with van der Waals surface area (Å²) in [7, 11) is 0. The zero-order valence-electron chi connectivity index (χ0n) is 12.0. The van der Waals surface area contributed by atoms with Crippen LogP contribution in [0.5, 0.6) is 5.75 Å². The summed E-state index contributed by atoms with van der Waals surface area (Å²) in [5.74, 6) is 0.682. The van der Waals surface area contributed by atoms with Crippen molar-refractivity contribution in [1.29, 1.82) is 0 Å². The largest absolute Gasteiger partial charge is 0.493 e. The van der Waals surface area contributed by atoms with Crippen LogP contribution in [0.2, 0.25) is 0 Å². The smallest absolute Gasteiger partial charge is 0.223 e. The van der Waals surface area contributed by atoms with E-state index in [-0.39, 0.29) is 18.4 Å². The minimum Gasteiger partial charge on any atom is -0.493 e. The highest BCUT2D eigenvalue weighted by Gasteiger charge is 2.13. The Morgan fingerprint density at radius 2 is 2.25 bits per heavy atom. The van der Waals surface area contributed by atoms with E-state index in [1.165, 1.54) is 0 Å². The normalized spacial score (nSPS) is 11.7. The van der Waals surface area contributed by atoms with Crippen molar-refractivity contribution >= 4 is 23.1 Å². The van der Waals surface area contributed by atoms with Gasteiger partial charge in [0.05, 0.1) is 24.1 Å². The maximum Gasteiger partial charge on any atom is 0.223 e. The van der Waals surface area contributed by atoms with Gasteiger partial charge in [0, 0.05) is 0 Å². The minimum absolute atomic E-state index is 0.0936. The lowest BCUT2D eigenvalue weighted by Gasteiger charge is -2.16. The monoisotopic (exact) mass is 294 g/mol. The number of aryl methyl sites for hydroxylation is 1. The number of benzene rings is 1. The van der Waals surface area contributed by atoms with Gasteiger partial charge in [-0.1, -0.05) is 37.7 Å². The van der Waals surface area contributed by atoms with E-state index in [1.54, 1.807) is 0 Å². The predicted molar refractivity (Wildman–Crippen MR) is 84.9 cm³/mol. The lowest BCUT2D eigenvalue weighted by Crippen LogP contribution is -2.43. The Hall–Kier alpha value is -1.62. The van der Waals surface area contributed by atoms with Gasteiger partial charge in [-0.05, 0) is 31.0 Å². The van der Waals surface area contributed by atoms with Gasteiger partial charge in [0.1, 0.15) is 5.75 Å². The first-order chi connectivity index (χ1) is 9.52. The second-order valence-electron chi connectivity index (χ2n) is 4.73. The summed E-state index contributed by atoms with van der Waals surface area (Å²) in [6, 6.07) is 7.51. The van der Waals surface area contributed by atoms with Crippen LogP contribution >= 0.6 is 12.2 Å². The van der Waals surface area contributed by atoms with Crippen molar-refractivity contribution in [2.45, 2.75) is 39.2 Å². The molecule has 0 aliphatic heterocycles. The van der Waals surface area contributed by atoms with Gasteiger partial charge in [0.2, 0.25) is 5.91 Å². The second-order valence-corrected chi connectivity index (χ2v) is 5.20. The molecule has 0 fully saturated rings. The zero-order chi connectivity index (χ0) is 15.0. The number of thiocarbonyl (C=S) groups is 1.